The predicted octanol–water partition coefficient (Wildman–Crippen LogP) is 24.1. The zero-order chi connectivity index (χ0) is 73.2. The number of ether oxygens (including phenoxy) is 4. The fraction of sp³-hybridized carbons (Fsp3) is 0.901. The number of allylic oxidation sites excluding steroid dienone is 4. The van der Waals surface area contributed by atoms with Crippen LogP contribution in [0.25, 0.3) is 0 Å². The monoisotopic (exact) mass is 1460 g/mol. The normalized spacial score (nSPS) is 13.9. The van der Waals surface area contributed by atoms with Gasteiger partial charge in [0.05, 0.1) is 26.4 Å². The molecule has 0 aromatic heterocycles. The van der Waals surface area contributed by atoms with Gasteiger partial charge in [0, 0.05) is 25.7 Å². The Labute approximate surface area is 612 Å². The van der Waals surface area contributed by atoms with Gasteiger partial charge in [-0.3, -0.25) is 37.3 Å². The molecule has 0 radical (unpaired) electrons. The highest BCUT2D eigenvalue weighted by Crippen LogP contribution is 2.45. The van der Waals surface area contributed by atoms with Gasteiger partial charge in [-0.25, -0.2) is 9.13 Å². The van der Waals surface area contributed by atoms with E-state index in [1.807, 2.05) is 0 Å². The average Bonchev–Trinajstić information content (AvgIpc) is 0.988. The van der Waals surface area contributed by atoms with E-state index in [1.54, 1.807) is 0 Å². The molecule has 19 heteroatoms. The lowest BCUT2D eigenvalue weighted by Crippen LogP contribution is -2.30. The average molecular weight is 1460 g/mol. The van der Waals surface area contributed by atoms with Gasteiger partial charge < -0.3 is 33.8 Å². The fourth-order valence-electron chi connectivity index (χ4n) is 12.0. The van der Waals surface area contributed by atoms with Crippen LogP contribution in [-0.4, -0.2) is 96.7 Å². The van der Waals surface area contributed by atoms with Gasteiger partial charge in [0.15, 0.2) is 12.2 Å². The van der Waals surface area contributed by atoms with E-state index >= 15 is 0 Å². The number of carbonyl (C=O) groups is 4. The van der Waals surface area contributed by atoms with Crippen molar-refractivity contribution in [3.8, 4) is 0 Å². The number of aliphatic hydroxyl groups is 1. The van der Waals surface area contributed by atoms with E-state index in [9.17, 15) is 43.2 Å². The van der Waals surface area contributed by atoms with Crippen molar-refractivity contribution in [1.29, 1.82) is 0 Å². The Morgan fingerprint density at radius 2 is 0.460 bits per heavy atom. The Morgan fingerprint density at radius 3 is 0.690 bits per heavy atom. The molecule has 2 unspecified atom stereocenters. The summed E-state index contributed by atoms with van der Waals surface area (Å²) in [5.74, 6) is -2.14. The Hall–Kier alpha value is -2.46. The molecule has 590 valence electrons. The number of phosphoric ester groups is 2. The van der Waals surface area contributed by atoms with Crippen LogP contribution in [0.3, 0.4) is 0 Å². The van der Waals surface area contributed by atoms with Crippen molar-refractivity contribution in [3.63, 3.8) is 0 Å². The molecule has 0 aliphatic rings. The summed E-state index contributed by atoms with van der Waals surface area (Å²) >= 11 is 0. The first-order valence-corrected chi connectivity index (χ1v) is 44.6. The minimum atomic E-state index is -4.97. The van der Waals surface area contributed by atoms with Crippen LogP contribution in [0, 0.1) is 0 Å². The number of unbranched alkanes of at least 4 members (excludes halogenated alkanes) is 50. The maximum absolute atomic E-state index is 13.1. The van der Waals surface area contributed by atoms with Crippen LogP contribution >= 0.6 is 15.6 Å². The predicted molar refractivity (Wildman–Crippen MR) is 409 cm³/mol. The Balaban J connectivity index is 5.29. The van der Waals surface area contributed by atoms with Crippen LogP contribution in [0.5, 0.6) is 0 Å². The van der Waals surface area contributed by atoms with Gasteiger partial charge in [-0.1, -0.05) is 335 Å². The highest BCUT2D eigenvalue weighted by molar-refractivity contribution is 7.47. The second-order valence-corrected chi connectivity index (χ2v) is 31.3. The van der Waals surface area contributed by atoms with Crippen molar-refractivity contribution in [2.75, 3.05) is 39.6 Å². The summed E-state index contributed by atoms with van der Waals surface area (Å²) in [7, 11) is -9.93. The molecule has 0 rings (SSSR count). The summed E-state index contributed by atoms with van der Waals surface area (Å²) < 4.78 is 68.7. The van der Waals surface area contributed by atoms with E-state index in [4.69, 9.17) is 37.0 Å². The number of rotatable bonds is 80. The molecule has 0 aliphatic carbocycles. The molecular formula is C81H154O17P2. The number of hydrogen-bond donors (Lipinski definition) is 3. The van der Waals surface area contributed by atoms with E-state index in [0.717, 1.165) is 122 Å². The smallest absolute Gasteiger partial charge is 0.462 e. The molecule has 100 heavy (non-hydrogen) atoms. The van der Waals surface area contributed by atoms with E-state index < -0.39 is 97.5 Å². The summed E-state index contributed by atoms with van der Waals surface area (Å²) in [5.41, 5.74) is 0. The van der Waals surface area contributed by atoms with Crippen LogP contribution < -0.4 is 0 Å². The van der Waals surface area contributed by atoms with Crippen LogP contribution in [0.2, 0.25) is 0 Å². The number of esters is 4. The Morgan fingerprint density at radius 1 is 0.270 bits per heavy atom. The third kappa shape index (κ3) is 73.8. The van der Waals surface area contributed by atoms with Gasteiger partial charge in [0.1, 0.15) is 19.3 Å². The van der Waals surface area contributed by atoms with Gasteiger partial charge in [-0.2, -0.15) is 0 Å². The number of carbonyl (C=O) groups excluding carboxylic acids is 4. The third-order valence-electron chi connectivity index (χ3n) is 18.4. The Kier molecular flexibility index (Phi) is 73.0. The molecule has 0 bridgehead atoms. The number of phosphoric acid groups is 2. The standard InChI is InChI=1S/C81H154O17P2/c1-5-9-13-17-21-25-29-33-36-37-40-43-46-50-54-58-62-66-79(84)92-71-76(97-80(85)67-63-59-55-51-47-41-32-28-24-20-16-12-8-4)73-95-99(87,88)93-69-75(82)70-94-100(89,90)96-74-77(98-81(86)68-64-60-56-52-48-44-39-35-31-27-23-19-15-11-7-3)72-91-78(83)65-61-57-53-49-45-42-38-34-30-26-22-18-14-10-6-2/h34-35,38-39,75-77,82H,5-33,36-37,40-74H2,1-4H3,(H,87,88)(H,89,90)/b38-34-,39-35-/t75-,76-,77-/m1/s1. The maximum atomic E-state index is 13.1. The summed E-state index contributed by atoms with van der Waals surface area (Å²) in [6.45, 7) is 4.97. The Bertz CT molecular complexity index is 1990. The SMILES string of the molecule is CCCCCCCC/C=C\CCCCCCCC(=O)OC[C@H](COP(=O)(O)OC[C@H](O)COP(=O)(O)OC[C@@H](COC(=O)CCCCCCCCCCCCCCCCCCC)OC(=O)CCCCCCCCCCCCCCC)OC(=O)CCCCCCC/C=C\CCCCCCCC. The summed E-state index contributed by atoms with van der Waals surface area (Å²) in [6, 6.07) is 0. The van der Waals surface area contributed by atoms with E-state index in [-0.39, 0.29) is 25.7 Å². The first-order chi connectivity index (χ1) is 48.7. The van der Waals surface area contributed by atoms with Crippen LogP contribution in [0.4, 0.5) is 0 Å². The lowest BCUT2D eigenvalue weighted by atomic mass is 10.0. The first-order valence-electron chi connectivity index (χ1n) is 41.6. The lowest BCUT2D eigenvalue weighted by molar-refractivity contribution is -0.161. The fourth-order valence-corrected chi connectivity index (χ4v) is 13.6. The first kappa shape index (κ1) is 97.5. The summed E-state index contributed by atoms with van der Waals surface area (Å²) in [6.07, 6.45) is 70.0. The van der Waals surface area contributed by atoms with Crippen LogP contribution in [-0.2, 0) is 65.4 Å². The van der Waals surface area contributed by atoms with Crippen molar-refractivity contribution < 1.29 is 80.2 Å². The number of hydrogen-bond acceptors (Lipinski definition) is 15. The van der Waals surface area contributed by atoms with E-state index in [2.05, 4.69) is 52.0 Å². The molecule has 3 N–H and O–H groups in total. The minimum Gasteiger partial charge on any atom is -0.462 e. The van der Waals surface area contributed by atoms with Gasteiger partial charge >= 0.3 is 39.5 Å². The molecule has 0 saturated heterocycles. The summed E-state index contributed by atoms with van der Waals surface area (Å²) in [4.78, 5) is 73.0. The summed E-state index contributed by atoms with van der Waals surface area (Å²) in [5, 5.41) is 10.6. The van der Waals surface area contributed by atoms with Crippen molar-refractivity contribution in [2.24, 2.45) is 0 Å². The third-order valence-corrected chi connectivity index (χ3v) is 20.3. The molecule has 0 saturated carbocycles. The molecule has 5 atom stereocenters. The molecule has 0 heterocycles. The van der Waals surface area contributed by atoms with E-state index in [0.29, 0.717) is 25.7 Å². The lowest BCUT2D eigenvalue weighted by Gasteiger charge is -2.21. The second-order valence-electron chi connectivity index (χ2n) is 28.4. The molecule has 0 spiro atoms. The molecule has 0 amide bonds. The second kappa shape index (κ2) is 74.8. The maximum Gasteiger partial charge on any atom is 0.472 e. The van der Waals surface area contributed by atoms with Crippen LogP contribution in [0.1, 0.15) is 413 Å². The molecule has 17 nitrogen and oxygen atoms in total. The van der Waals surface area contributed by atoms with Crippen LogP contribution in [0.15, 0.2) is 24.3 Å². The largest absolute Gasteiger partial charge is 0.472 e. The zero-order valence-electron chi connectivity index (χ0n) is 64.7. The van der Waals surface area contributed by atoms with Gasteiger partial charge in [0.2, 0.25) is 0 Å². The molecule has 0 aliphatic heterocycles. The van der Waals surface area contributed by atoms with Gasteiger partial charge in [0.25, 0.3) is 0 Å². The highest BCUT2D eigenvalue weighted by Gasteiger charge is 2.30. The van der Waals surface area contributed by atoms with Gasteiger partial charge in [-0.15, -0.1) is 0 Å². The molecule has 0 aromatic rings. The topological polar surface area (TPSA) is 237 Å². The van der Waals surface area contributed by atoms with Crippen molar-refractivity contribution in [1.82, 2.24) is 0 Å². The van der Waals surface area contributed by atoms with Crippen molar-refractivity contribution >= 4 is 39.5 Å². The molecular weight excluding hydrogens is 1310 g/mol. The number of aliphatic hydroxyl groups excluding tert-OH is 1. The molecule has 0 aromatic carbocycles. The minimum absolute atomic E-state index is 0.0911. The quantitative estimate of drug-likeness (QED) is 0.0169. The van der Waals surface area contributed by atoms with Crippen molar-refractivity contribution in [2.45, 2.75) is 431 Å². The van der Waals surface area contributed by atoms with E-state index in [1.165, 1.54) is 212 Å². The van der Waals surface area contributed by atoms with Gasteiger partial charge in [-0.05, 0) is 77.0 Å². The van der Waals surface area contributed by atoms with Crippen molar-refractivity contribution in [3.05, 3.63) is 24.3 Å². The molecule has 0 fully saturated rings. The highest BCUT2D eigenvalue weighted by atomic mass is 31.2. The zero-order valence-corrected chi connectivity index (χ0v) is 66.5.